The van der Waals surface area contributed by atoms with Gasteiger partial charge in [-0.3, -0.25) is 9.59 Å². The zero-order chi connectivity index (χ0) is 15.0. The van der Waals surface area contributed by atoms with Crippen LogP contribution >= 0.6 is 0 Å². The van der Waals surface area contributed by atoms with Crippen molar-refractivity contribution in [2.45, 2.75) is 19.4 Å². The molecule has 0 unspecified atom stereocenters. The van der Waals surface area contributed by atoms with E-state index in [1.165, 1.54) is 12.1 Å². The molecular formula is C13H18N2O4. The first-order valence-corrected chi connectivity index (χ1v) is 5.45. The minimum atomic E-state index is -1.02. The Balaban J connectivity index is 0.000000459. The van der Waals surface area contributed by atoms with Gasteiger partial charge in [0.25, 0.3) is 0 Å². The number of phenols is 1. The Bertz CT molecular complexity index is 442. The third kappa shape index (κ3) is 7.56. The molecule has 6 nitrogen and oxygen atoms in total. The molecule has 0 aliphatic carbocycles. The van der Waals surface area contributed by atoms with E-state index in [1.807, 2.05) is 0 Å². The summed E-state index contributed by atoms with van der Waals surface area (Å²) in [5.74, 6) is -1.30. The van der Waals surface area contributed by atoms with Gasteiger partial charge in [0.2, 0.25) is 5.91 Å². The fourth-order valence-electron chi connectivity index (χ4n) is 0.973. The highest BCUT2D eigenvalue weighted by atomic mass is 16.4. The van der Waals surface area contributed by atoms with Gasteiger partial charge in [-0.05, 0) is 31.0 Å². The van der Waals surface area contributed by atoms with Gasteiger partial charge < -0.3 is 21.7 Å². The van der Waals surface area contributed by atoms with Crippen molar-refractivity contribution in [3.05, 3.63) is 42.0 Å². The Morgan fingerprint density at radius 2 is 1.74 bits per heavy atom. The number of aromatic hydroxyl groups is 1. The topological polar surface area (TPSA) is 127 Å². The van der Waals surface area contributed by atoms with E-state index in [0.29, 0.717) is 5.57 Å². The van der Waals surface area contributed by atoms with Crippen LogP contribution in [0.15, 0.2) is 36.4 Å². The second-order valence-corrected chi connectivity index (χ2v) is 3.96. The first-order chi connectivity index (χ1) is 8.73. The maximum absolute atomic E-state index is 10.4. The van der Waals surface area contributed by atoms with Gasteiger partial charge in [-0.25, -0.2) is 0 Å². The van der Waals surface area contributed by atoms with Crippen LogP contribution in [0.3, 0.4) is 0 Å². The van der Waals surface area contributed by atoms with Gasteiger partial charge in [-0.1, -0.05) is 18.7 Å². The number of hydrogen-bond acceptors (Lipinski definition) is 4. The lowest BCUT2D eigenvalue weighted by Gasteiger charge is -2.05. The zero-order valence-electron chi connectivity index (χ0n) is 10.7. The zero-order valence-corrected chi connectivity index (χ0v) is 10.7. The van der Waals surface area contributed by atoms with Gasteiger partial charge in [0, 0.05) is 5.57 Å². The van der Waals surface area contributed by atoms with Crippen LogP contribution in [0.25, 0.3) is 0 Å². The second kappa shape index (κ2) is 7.88. The number of amides is 1. The summed E-state index contributed by atoms with van der Waals surface area (Å²) in [6.07, 6.45) is 0.273. The molecular weight excluding hydrogens is 248 g/mol. The van der Waals surface area contributed by atoms with Crippen LogP contribution in [-0.2, 0) is 16.0 Å². The van der Waals surface area contributed by atoms with E-state index in [-0.39, 0.29) is 12.2 Å². The van der Waals surface area contributed by atoms with Gasteiger partial charge in [0.05, 0.1) is 0 Å². The number of aliphatic carboxylic acids is 1. The standard InChI is InChI=1S/C9H11NO3.C4H7NO/c10-8(9(12)13)5-6-1-3-7(11)4-2-6;1-3(2)4(5)6/h1-4,8,11H,5,10H2,(H,12,13);1H2,2H3,(H2,5,6)/t8-;/m1./s1. The minimum absolute atomic E-state index is 0.160. The van der Waals surface area contributed by atoms with Crippen LogP contribution in [0.2, 0.25) is 0 Å². The van der Waals surface area contributed by atoms with Gasteiger partial charge in [0.15, 0.2) is 0 Å². The normalized spacial score (nSPS) is 10.8. The maximum atomic E-state index is 10.4. The number of benzene rings is 1. The lowest BCUT2D eigenvalue weighted by Crippen LogP contribution is -2.32. The number of rotatable bonds is 4. The molecule has 0 saturated heterocycles. The van der Waals surface area contributed by atoms with Crippen molar-refractivity contribution >= 4 is 11.9 Å². The van der Waals surface area contributed by atoms with Crippen molar-refractivity contribution in [1.82, 2.24) is 0 Å². The van der Waals surface area contributed by atoms with Gasteiger partial charge in [-0.15, -0.1) is 0 Å². The van der Waals surface area contributed by atoms with E-state index in [1.54, 1.807) is 19.1 Å². The van der Waals surface area contributed by atoms with E-state index >= 15 is 0 Å². The molecule has 0 aromatic heterocycles. The van der Waals surface area contributed by atoms with Crippen molar-refractivity contribution in [1.29, 1.82) is 0 Å². The first kappa shape index (κ1) is 16.7. The fraction of sp³-hybridized carbons (Fsp3) is 0.231. The number of carbonyl (C=O) groups excluding carboxylic acids is 1. The third-order valence-electron chi connectivity index (χ3n) is 2.13. The molecule has 0 spiro atoms. The molecule has 6 N–H and O–H groups in total. The maximum Gasteiger partial charge on any atom is 0.320 e. The average Bonchev–Trinajstić information content (AvgIpc) is 2.32. The number of phenolic OH excluding ortho intramolecular Hbond substituents is 1. The van der Waals surface area contributed by atoms with Crippen LogP contribution in [0.1, 0.15) is 12.5 Å². The number of primary amides is 1. The van der Waals surface area contributed by atoms with Crippen LogP contribution in [0, 0.1) is 0 Å². The number of carbonyl (C=O) groups is 2. The van der Waals surface area contributed by atoms with Crippen molar-refractivity contribution in [3.63, 3.8) is 0 Å². The van der Waals surface area contributed by atoms with E-state index in [0.717, 1.165) is 5.56 Å². The van der Waals surface area contributed by atoms with Crippen molar-refractivity contribution in [3.8, 4) is 5.75 Å². The lowest BCUT2D eigenvalue weighted by molar-refractivity contribution is -0.138. The van der Waals surface area contributed by atoms with E-state index < -0.39 is 17.9 Å². The van der Waals surface area contributed by atoms with Gasteiger partial charge in [-0.2, -0.15) is 0 Å². The Kier molecular flexibility index (Phi) is 6.91. The number of nitrogens with two attached hydrogens (primary N) is 2. The van der Waals surface area contributed by atoms with Crippen molar-refractivity contribution in [2.24, 2.45) is 11.5 Å². The Hall–Kier alpha value is -2.34. The quantitative estimate of drug-likeness (QED) is 0.586. The average molecular weight is 266 g/mol. The van der Waals surface area contributed by atoms with Gasteiger partial charge in [0.1, 0.15) is 11.8 Å². The summed E-state index contributed by atoms with van der Waals surface area (Å²) in [6, 6.07) is 5.42. The largest absolute Gasteiger partial charge is 0.508 e. The molecule has 0 aliphatic rings. The molecule has 1 aromatic carbocycles. The Morgan fingerprint density at radius 1 is 1.32 bits per heavy atom. The number of carboxylic acids is 1. The summed E-state index contributed by atoms with van der Waals surface area (Å²) in [7, 11) is 0. The smallest absolute Gasteiger partial charge is 0.320 e. The number of carboxylic acid groups (broad SMARTS) is 1. The fourth-order valence-corrected chi connectivity index (χ4v) is 0.973. The molecule has 1 rings (SSSR count). The lowest BCUT2D eigenvalue weighted by atomic mass is 10.1. The molecule has 6 heteroatoms. The Labute approximate surface area is 111 Å². The molecule has 0 heterocycles. The van der Waals surface area contributed by atoms with E-state index in [2.05, 4.69) is 6.58 Å². The second-order valence-electron chi connectivity index (χ2n) is 3.96. The molecule has 19 heavy (non-hydrogen) atoms. The summed E-state index contributed by atoms with van der Waals surface area (Å²) in [5.41, 5.74) is 11.2. The first-order valence-electron chi connectivity index (χ1n) is 5.45. The molecule has 0 saturated carbocycles. The van der Waals surface area contributed by atoms with Crippen LogP contribution in [0.4, 0.5) is 0 Å². The minimum Gasteiger partial charge on any atom is -0.508 e. The number of hydrogen-bond donors (Lipinski definition) is 4. The molecule has 0 aliphatic heterocycles. The van der Waals surface area contributed by atoms with E-state index in [4.69, 9.17) is 21.7 Å². The van der Waals surface area contributed by atoms with Crippen molar-refractivity contribution in [2.75, 3.05) is 0 Å². The van der Waals surface area contributed by atoms with Crippen molar-refractivity contribution < 1.29 is 19.8 Å². The van der Waals surface area contributed by atoms with Crippen LogP contribution in [-0.4, -0.2) is 28.1 Å². The summed E-state index contributed by atoms with van der Waals surface area (Å²) in [4.78, 5) is 20.2. The highest BCUT2D eigenvalue weighted by Gasteiger charge is 2.11. The molecule has 1 amide bonds. The Morgan fingerprint density at radius 3 is 2.05 bits per heavy atom. The van der Waals surface area contributed by atoms with E-state index in [9.17, 15) is 9.59 Å². The molecule has 0 bridgehead atoms. The molecule has 0 fully saturated rings. The van der Waals surface area contributed by atoms with Gasteiger partial charge >= 0.3 is 5.97 Å². The molecule has 1 atom stereocenters. The third-order valence-corrected chi connectivity index (χ3v) is 2.13. The molecule has 0 radical (unpaired) electrons. The molecule has 1 aromatic rings. The highest BCUT2D eigenvalue weighted by molar-refractivity contribution is 5.90. The summed E-state index contributed by atoms with van der Waals surface area (Å²) in [6.45, 7) is 4.85. The van der Waals surface area contributed by atoms with Crippen LogP contribution < -0.4 is 11.5 Å². The summed E-state index contributed by atoms with van der Waals surface area (Å²) < 4.78 is 0. The summed E-state index contributed by atoms with van der Waals surface area (Å²) in [5, 5.41) is 17.5. The predicted octanol–water partition coefficient (Wildman–Crippen LogP) is 0.394. The molecule has 104 valence electrons. The monoisotopic (exact) mass is 266 g/mol. The highest BCUT2D eigenvalue weighted by Crippen LogP contribution is 2.10. The predicted molar refractivity (Wildman–Crippen MR) is 71.4 cm³/mol. The van der Waals surface area contributed by atoms with Crippen LogP contribution in [0.5, 0.6) is 5.75 Å². The SMILES string of the molecule is C=C(C)C(N)=O.N[C@H](Cc1ccc(O)cc1)C(=O)O. The summed E-state index contributed by atoms with van der Waals surface area (Å²) >= 11 is 0.